The molecule has 0 spiro atoms. The highest BCUT2D eigenvalue weighted by molar-refractivity contribution is 5.87. The van der Waals surface area contributed by atoms with Gasteiger partial charge in [-0.05, 0) is 5.56 Å². The SMILES string of the molecule is CC(=O)N1CC(=O)N(C)C1c1ccccc1. The van der Waals surface area contributed by atoms with Crippen molar-refractivity contribution in [2.45, 2.75) is 13.1 Å². The second kappa shape index (κ2) is 3.96. The normalized spacial score (nSPS) is 20.4. The zero-order valence-electron chi connectivity index (χ0n) is 9.38. The standard InChI is InChI=1S/C12H14N2O2/c1-9(15)14-8-11(16)13(2)12(14)10-6-4-3-5-7-10/h3-7,12H,8H2,1-2H3. The Bertz CT molecular complexity index is 416. The average Bonchev–Trinajstić information content (AvgIpc) is 2.57. The van der Waals surface area contributed by atoms with Crippen molar-refractivity contribution < 1.29 is 9.59 Å². The molecule has 0 aliphatic carbocycles. The zero-order chi connectivity index (χ0) is 11.7. The summed E-state index contributed by atoms with van der Waals surface area (Å²) in [6.07, 6.45) is -0.258. The summed E-state index contributed by atoms with van der Waals surface area (Å²) >= 11 is 0. The van der Waals surface area contributed by atoms with E-state index in [4.69, 9.17) is 0 Å². The fourth-order valence-electron chi connectivity index (χ4n) is 2.00. The van der Waals surface area contributed by atoms with Gasteiger partial charge >= 0.3 is 0 Å². The summed E-state index contributed by atoms with van der Waals surface area (Å²) in [6, 6.07) is 9.58. The molecule has 1 atom stereocenters. The highest BCUT2D eigenvalue weighted by Gasteiger charge is 2.37. The largest absolute Gasteiger partial charge is 0.320 e. The van der Waals surface area contributed by atoms with Gasteiger partial charge in [0.15, 0.2) is 0 Å². The Balaban J connectivity index is 2.37. The minimum absolute atomic E-state index is 0.0240. The lowest BCUT2D eigenvalue weighted by molar-refractivity contribution is -0.131. The van der Waals surface area contributed by atoms with Crippen LogP contribution in [0.5, 0.6) is 0 Å². The van der Waals surface area contributed by atoms with Gasteiger partial charge in [-0.1, -0.05) is 30.3 Å². The van der Waals surface area contributed by atoms with E-state index in [2.05, 4.69) is 0 Å². The van der Waals surface area contributed by atoms with E-state index in [9.17, 15) is 9.59 Å². The molecule has 4 nitrogen and oxygen atoms in total. The van der Waals surface area contributed by atoms with Crippen LogP contribution >= 0.6 is 0 Å². The van der Waals surface area contributed by atoms with Crippen LogP contribution in [0.1, 0.15) is 18.7 Å². The molecular formula is C12H14N2O2. The highest BCUT2D eigenvalue weighted by Crippen LogP contribution is 2.28. The van der Waals surface area contributed by atoms with Gasteiger partial charge in [0.1, 0.15) is 12.7 Å². The van der Waals surface area contributed by atoms with Crippen molar-refractivity contribution in [1.29, 1.82) is 0 Å². The van der Waals surface area contributed by atoms with Crippen LogP contribution in [0.15, 0.2) is 30.3 Å². The summed E-state index contributed by atoms with van der Waals surface area (Å²) < 4.78 is 0. The van der Waals surface area contributed by atoms with Crippen LogP contribution < -0.4 is 0 Å². The topological polar surface area (TPSA) is 40.6 Å². The Hall–Kier alpha value is -1.84. The van der Waals surface area contributed by atoms with E-state index in [1.54, 1.807) is 16.8 Å². The molecule has 1 aromatic carbocycles. The molecule has 2 amide bonds. The maximum Gasteiger partial charge on any atom is 0.243 e. The van der Waals surface area contributed by atoms with Crippen molar-refractivity contribution in [3.63, 3.8) is 0 Å². The van der Waals surface area contributed by atoms with Crippen LogP contribution in [0, 0.1) is 0 Å². The first kappa shape index (κ1) is 10.7. The molecule has 0 N–H and O–H groups in total. The number of carbonyl (C=O) groups excluding carboxylic acids is 2. The van der Waals surface area contributed by atoms with Gasteiger partial charge in [0, 0.05) is 14.0 Å². The minimum atomic E-state index is -0.258. The molecule has 0 radical (unpaired) electrons. The third-order valence-electron chi connectivity index (χ3n) is 2.86. The third-order valence-corrected chi connectivity index (χ3v) is 2.86. The monoisotopic (exact) mass is 218 g/mol. The molecule has 16 heavy (non-hydrogen) atoms. The molecule has 1 aliphatic heterocycles. The predicted octanol–water partition coefficient (Wildman–Crippen LogP) is 1.01. The van der Waals surface area contributed by atoms with E-state index in [0.717, 1.165) is 5.56 Å². The van der Waals surface area contributed by atoms with E-state index in [-0.39, 0.29) is 24.5 Å². The van der Waals surface area contributed by atoms with Crippen LogP contribution in [-0.2, 0) is 9.59 Å². The number of rotatable bonds is 1. The van der Waals surface area contributed by atoms with Crippen molar-refractivity contribution in [3.05, 3.63) is 35.9 Å². The summed E-state index contributed by atoms with van der Waals surface area (Å²) in [5.74, 6) is -0.101. The van der Waals surface area contributed by atoms with Gasteiger partial charge in [-0.2, -0.15) is 0 Å². The maximum atomic E-state index is 11.6. The van der Waals surface area contributed by atoms with Gasteiger partial charge in [0.2, 0.25) is 11.8 Å². The van der Waals surface area contributed by atoms with Crippen molar-refractivity contribution in [3.8, 4) is 0 Å². The van der Waals surface area contributed by atoms with Crippen LogP contribution in [0.25, 0.3) is 0 Å². The second-order valence-corrected chi connectivity index (χ2v) is 3.94. The third kappa shape index (κ3) is 1.66. The molecule has 4 heteroatoms. The molecule has 1 aliphatic rings. The Labute approximate surface area is 94.5 Å². The number of hydrogen-bond acceptors (Lipinski definition) is 2. The van der Waals surface area contributed by atoms with E-state index in [1.165, 1.54) is 6.92 Å². The van der Waals surface area contributed by atoms with E-state index >= 15 is 0 Å². The minimum Gasteiger partial charge on any atom is -0.320 e. The first-order valence-electron chi connectivity index (χ1n) is 5.19. The predicted molar refractivity (Wildman–Crippen MR) is 59.3 cm³/mol. The van der Waals surface area contributed by atoms with Crippen molar-refractivity contribution in [1.82, 2.24) is 9.80 Å². The zero-order valence-corrected chi connectivity index (χ0v) is 9.38. The lowest BCUT2D eigenvalue weighted by atomic mass is 10.1. The van der Waals surface area contributed by atoms with Crippen LogP contribution in [0.4, 0.5) is 0 Å². The molecule has 1 heterocycles. The molecule has 1 unspecified atom stereocenters. The molecule has 1 saturated heterocycles. The summed E-state index contributed by atoms with van der Waals surface area (Å²) in [7, 11) is 1.73. The number of hydrogen-bond donors (Lipinski definition) is 0. The van der Waals surface area contributed by atoms with Gasteiger partial charge in [-0.15, -0.1) is 0 Å². The lowest BCUT2D eigenvalue weighted by Crippen LogP contribution is -2.32. The lowest BCUT2D eigenvalue weighted by Gasteiger charge is -2.26. The van der Waals surface area contributed by atoms with E-state index in [0.29, 0.717) is 0 Å². The highest BCUT2D eigenvalue weighted by atomic mass is 16.2. The molecule has 0 saturated carbocycles. The Kier molecular flexibility index (Phi) is 2.64. The van der Waals surface area contributed by atoms with Gasteiger partial charge < -0.3 is 9.80 Å². The molecule has 1 aromatic rings. The van der Waals surface area contributed by atoms with Crippen molar-refractivity contribution in [2.75, 3.05) is 13.6 Å². The van der Waals surface area contributed by atoms with Crippen LogP contribution in [-0.4, -0.2) is 35.2 Å². The summed E-state index contributed by atoms with van der Waals surface area (Å²) in [6.45, 7) is 1.66. The van der Waals surface area contributed by atoms with E-state index in [1.807, 2.05) is 30.3 Å². The number of likely N-dealkylation sites (N-methyl/N-ethyl adjacent to an activating group) is 1. The van der Waals surface area contributed by atoms with Crippen molar-refractivity contribution >= 4 is 11.8 Å². The fourth-order valence-corrected chi connectivity index (χ4v) is 2.00. The summed E-state index contributed by atoms with van der Waals surface area (Å²) in [4.78, 5) is 26.3. The van der Waals surface area contributed by atoms with Gasteiger partial charge in [0.25, 0.3) is 0 Å². The number of carbonyl (C=O) groups is 2. The summed E-state index contributed by atoms with van der Waals surface area (Å²) in [5, 5.41) is 0. The number of benzene rings is 1. The maximum absolute atomic E-state index is 11.6. The molecular weight excluding hydrogens is 204 g/mol. The molecule has 0 aromatic heterocycles. The second-order valence-electron chi connectivity index (χ2n) is 3.94. The Morgan fingerprint density at radius 2 is 1.94 bits per heavy atom. The quantitative estimate of drug-likeness (QED) is 0.705. The smallest absolute Gasteiger partial charge is 0.243 e. The van der Waals surface area contributed by atoms with Crippen LogP contribution in [0.2, 0.25) is 0 Å². The fraction of sp³-hybridized carbons (Fsp3) is 0.333. The van der Waals surface area contributed by atoms with Gasteiger partial charge in [-0.25, -0.2) is 0 Å². The number of amides is 2. The first-order valence-corrected chi connectivity index (χ1v) is 5.19. The van der Waals surface area contributed by atoms with Gasteiger partial charge in [0.05, 0.1) is 0 Å². The average molecular weight is 218 g/mol. The Morgan fingerprint density at radius 1 is 1.31 bits per heavy atom. The van der Waals surface area contributed by atoms with Crippen molar-refractivity contribution in [2.24, 2.45) is 0 Å². The Morgan fingerprint density at radius 3 is 2.50 bits per heavy atom. The number of nitrogens with zero attached hydrogens (tertiary/aromatic N) is 2. The summed E-state index contributed by atoms with van der Waals surface area (Å²) in [5.41, 5.74) is 0.964. The molecule has 1 fully saturated rings. The van der Waals surface area contributed by atoms with Gasteiger partial charge in [-0.3, -0.25) is 9.59 Å². The van der Waals surface area contributed by atoms with E-state index < -0.39 is 0 Å². The molecule has 0 bridgehead atoms. The first-order chi connectivity index (χ1) is 7.61. The molecule has 84 valence electrons. The van der Waals surface area contributed by atoms with Crippen LogP contribution in [0.3, 0.4) is 0 Å². The molecule has 2 rings (SSSR count).